The van der Waals surface area contributed by atoms with Crippen LogP contribution in [0.5, 0.6) is 0 Å². The fourth-order valence-corrected chi connectivity index (χ4v) is 11.3. The first kappa shape index (κ1) is 52.8. The van der Waals surface area contributed by atoms with Crippen LogP contribution >= 0.6 is 0 Å². The van der Waals surface area contributed by atoms with E-state index >= 15 is 0 Å². The van der Waals surface area contributed by atoms with Crippen molar-refractivity contribution in [2.24, 2.45) is 0 Å². The van der Waals surface area contributed by atoms with Crippen molar-refractivity contribution < 1.29 is 0 Å². The van der Waals surface area contributed by atoms with Crippen LogP contribution in [0.2, 0.25) is 0 Å². The molecule has 0 fully saturated rings. The molecule has 13 rings (SSSR count). The van der Waals surface area contributed by atoms with E-state index in [9.17, 15) is 0 Å². The molecule has 0 aliphatic rings. The second-order valence-corrected chi connectivity index (χ2v) is 22.0. The van der Waals surface area contributed by atoms with Crippen LogP contribution in [0.1, 0.15) is 33.8 Å². The molecule has 0 aliphatic carbocycles. The Kier molecular flexibility index (Phi) is 14.3. The highest BCUT2D eigenvalue weighted by Gasteiger charge is 2.18. The molecule has 13 aromatic rings. The largest absolute Gasteiger partial charge is 0.253 e. The van der Waals surface area contributed by atoms with Crippen molar-refractivity contribution in [2.75, 3.05) is 0 Å². The summed E-state index contributed by atoms with van der Waals surface area (Å²) in [5.41, 5.74) is 30.2. The second kappa shape index (κ2) is 22.8. The lowest BCUT2D eigenvalue weighted by Gasteiger charge is -2.16. The minimum absolute atomic E-state index is 0.868. The molecule has 6 heteroatoms. The zero-order valence-electron chi connectivity index (χ0n) is 47.9. The summed E-state index contributed by atoms with van der Waals surface area (Å²) in [6.07, 6.45) is 0. The highest BCUT2D eigenvalue weighted by molar-refractivity contribution is 5.88. The lowest BCUT2D eigenvalue weighted by Crippen LogP contribution is -1.95. The van der Waals surface area contributed by atoms with Crippen LogP contribution in [-0.4, -0.2) is 29.9 Å². The average Bonchev–Trinajstić information content (AvgIpc) is 3.66. The Morgan fingerprint density at radius 2 is 0.333 bits per heavy atom. The van der Waals surface area contributed by atoms with Gasteiger partial charge in [0.2, 0.25) is 0 Å². The van der Waals surface area contributed by atoms with E-state index in [4.69, 9.17) is 29.9 Å². The fourth-order valence-electron chi connectivity index (χ4n) is 11.3. The highest BCUT2D eigenvalue weighted by Crippen LogP contribution is 2.41. The van der Waals surface area contributed by atoms with Gasteiger partial charge in [-0.25, -0.2) is 15.0 Å². The van der Waals surface area contributed by atoms with Crippen LogP contribution in [-0.2, 0) is 0 Å². The van der Waals surface area contributed by atoms with Crippen molar-refractivity contribution in [3.8, 4) is 135 Å². The van der Waals surface area contributed by atoms with Gasteiger partial charge in [-0.15, -0.1) is 0 Å². The van der Waals surface area contributed by atoms with Gasteiger partial charge < -0.3 is 0 Å². The molecule has 0 saturated carbocycles. The molecule has 6 nitrogen and oxygen atoms in total. The van der Waals surface area contributed by atoms with E-state index in [1.807, 2.05) is 20.8 Å². The molecule has 0 spiro atoms. The van der Waals surface area contributed by atoms with Gasteiger partial charge in [-0.3, -0.25) is 15.0 Å². The molecule has 0 saturated heterocycles. The first-order valence-electron chi connectivity index (χ1n) is 28.5. The van der Waals surface area contributed by atoms with Crippen LogP contribution in [0.3, 0.4) is 0 Å². The van der Waals surface area contributed by atoms with Gasteiger partial charge in [0.1, 0.15) is 0 Å². The molecule has 0 aliphatic heterocycles. The minimum Gasteiger partial charge on any atom is -0.253 e. The van der Waals surface area contributed by atoms with Gasteiger partial charge in [0.25, 0.3) is 0 Å². The average molecular weight is 1080 g/mol. The summed E-state index contributed by atoms with van der Waals surface area (Å²) in [5.74, 6) is 0. The van der Waals surface area contributed by atoms with Gasteiger partial charge in [-0.1, -0.05) is 164 Å². The van der Waals surface area contributed by atoms with Gasteiger partial charge in [0.05, 0.1) is 51.2 Å². The van der Waals surface area contributed by atoms with Crippen molar-refractivity contribution in [2.45, 2.75) is 41.5 Å². The molecule has 7 aromatic carbocycles. The lowest BCUT2D eigenvalue weighted by atomic mass is 9.90. The molecule has 84 heavy (non-hydrogen) atoms. The number of benzene rings is 7. The summed E-state index contributed by atoms with van der Waals surface area (Å²) in [6.45, 7) is 12.5. The molecule has 0 N–H and O–H groups in total. The Morgan fingerprint density at radius 1 is 0.155 bits per heavy atom. The molecule has 6 heterocycles. The zero-order valence-corrected chi connectivity index (χ0v) is 47.9. The van der Waals surface area contributed by atoms with E-state index in [0.29, 0.717) is 0 Å². The SMILES string of the molecule is Cc1cc(C)nc(-c2ccc(-c3cc(-c4cc(-c5cc(-c6ccccc6)nc(-c6ccc(-c7cc(C)cc(C)n7)cc6)c5)cc(-c5cc(-c6ccccc6)nc(-c6ccc(-c7cc(C)cc(C)n7)cc6)c5)c4)cc(-c4ccccc4)n3)cc2)c1. The number of aryl methyl sites for hydroxylation is 6. The Balaban J connectivity index is 1.01. The summed E-state index contributed by atoms with van der Waals surface area (Å²) < 4.78 is 0. The van der Waals surface area contributed by atoms with Crippen LogP contribution < -0.4 is 0 Å². The van der Waals surface area contributed by atoms with E-state index < -0.39 is 0 Å². The summed E-state index contributed by atoms with van der Waals surface area (Å²) in [7, 11) is 0. The van der Waals surface area contributed by atoms with Gasteiger partial charge in [-0.05, 0) is 183 Å². The van der Waals surface area contributed by atoms with E-state index in [2.05, 4.69) is 276 Å². The summed E-state index contributed by atoms with van der Waals surface area (Å²) >= 11 is 0. The van der Waals surface area contributed by atoms with E-state index in [1.54, 1.807) is 0 Å². The number of hydrogen-bond donors (Lipinski definition) is 0. The lowest BCUT2D eigenvalue weighted by molar-refractivity contribution is 1.18. The normalized spacial score (nSPS) is 11.2. The molecular weight excluding hydrogens is 1020 g/mol. The predicted molar refractivity (Wildman–Crippen MR) is 347 cm³/mol. The van der Waals surface area contributed by atoms with Crippen LogP contribution in [0, 0.1) is 41.5 Å². The topological polar surface area (TPSA) is 77.3 Å². The third-order valence-corrected chi connectivity index (χ3v) is 15.3. The first-order valence-corrected chi connectivity index (χ1v) is 28.5. The minimum atomic E-state index is 0.868. The van der Waals surface area contributed by atoms with E-state index in [1.165, 1.54) is 16.7 Å². The van der Waals surface area contributed by atoms with Crippen molar-refractivity contribution >= 4 is 0 Å². The number of aromatic nitrogens is 6. The van der Waals surface area contributed by atoms with E-state index in [-0.39, 0.29) is 0 Å². The van der Waals surface area contributed by atoms with Gasteiger partial charge in [0, 0.05) is 67.2 Å². The summed E-state index contributed by atoms with van der Waals surface area (Å²) in [6, 6.07) is 90.5. The molecule has 0 atom stereocenters. The molecule has 0 unspecified atom stereocenters. The van der Waals surface area contributed by atoms with Crippen LogP contribution in [0.15, 0.2) is 255 Å². The Bertz CT molecular complexity index is 4020. The summed E-state index contributed by atoms with van der Waals surface area (Å²) in [5, 5.41) is 0. The number of rotatable bonds is 12. The van der Waals surface area contributed by atoms with E-state index in [0.717, 1.165) is 152 Å². The van der Waals surface area contributed by atoms with Crippen molar-refractivity contribution in [1.29, 1.82) is 0 Å². The second-order valence-electron chi connectivity index (χ2n) is 22.0. The van der Waals surface area contributed by atoms with Crippen molar-refractivity contribution in [3.05, 3.63) is 289 Å². The molecule has 402 valence electrons. The van der Waals surface area contributed by atoms with Crippen molar-refractivity contribution in [3.63, 3.8) is 0 Å². The number of pyridine rings is 6. The smallest absolute Gasteiger partial charge is 0.0715 e. The maximum atomic E-state index is 5.40. The predicted octanol–water partition coefficient (Wildman–Crippen LogP) is 19.9. The molecule has 6 aromatic heterocycles. The molecule has 0 bridgehead atoms. The van der Waals surface area contributed by atoms with Crippen LogP contribution in [0.25, 0.3) is 135 Å². The van der Waals surface area contributed by atoms with Crippen LogP contribution in [0.4, 0.5) is 0 Å². The third kappa shape index (κ3) is 11.5. The molecule has 0 radical (unpaired) electrons. The Labute approximate surface area is 492 Å². The maximum Gasteiger partial charge on any atom is 0.0715 e. The molecule has 0 amide bonds. The quantitative estimate of drug-likeness (QED) is 0.121. The number of nitrogens with zero attached hydrogens (tertiary/aromatic N) is 6. The standard InChI is InChI=1S/C78H60N6/c1-49-34-52(4)79-70(37-49)58-22-28-61(29-23-58)76-46-67(43-73(82-76)55-16-10-7-11-17-55)64-40-65(68-44-74(56-18-12-8-13-19-56)83-77(47-68)62-30-24-59(25-31-62)71-38-50(2)35-53(5)80-71)42-66(41-64)69-45-75(57-20-14-9-15-21-57)84-78(48-69)63-32-26-60(27-33-63)72-39-51(3)36-54(6)81-72/h7-48H,1-6H3. The Morgan fingerprint density at radius 3 is 0.536 bits per heavy atom. The summed E-state index contributed by atoms with van der Waals surface area (Å²) in [4.78, 5) is 30.8. The van der Waals surface area contributed by atoms with Gasteiger partial charge in [0.15, 0.2) is 0 Å². The Hall–Kier alpha value is -10.6. The first-order chi connectivity index (χ1) is 41.0. The monoisotopic (exact) mass is 1080 g/mol. The van der Waals surface area contributed by atoms with Gasteiger partial charge in [-0.2, -0.15) is 0 Å². The third-order valence-electron chi connectivity index (χ3n) is 15.3. The number of hydrogen-bond acceptors (Lipinski definition) is 6. The fraction of sp³-hybridized carbons (Fsp3) is 0.0769. The van der Waals surface area contributed by atoms with Crippen molar-refractivity contribution in [1.82, 2.24) is 29.9 Å². The molecular formula is C78H60N6. The highest BCUT2D eigenvalue weighted by atomic mass is 14.7. The maximum absolute atomic E-state index is 5.40. The zero-order chi connectivity index (χ0) is 57.3. The van der Waals surface area contributed by atoms with Gasteiger partial charge >= 0.3 is 0 Å².